The summed E-state index contributed by atoms with van der Waals surface area (Å²) in [5.74, 6) is 0.425. The van der Waals surface area contributed by atoms with E-state index in [-0.39, 0.29) is 11.7 Å². The van der Waals surface area contributed by atoms with Crippen LogP contribution in [0.5, 0.6) is 0 Å². The largest absolute Gasteiger partial charge is 0.310 e. The second-order valence-electron chi connectivity index (χ2n) is 7.74. The summed E-state index contributed by atoms with van der Waals surface area (Å²) in [6.07, 6.45) is 16.6. The van der Waals surface area contributed by atoms with E-state index in [4.69, 9.17) is 11.5 Å². The van der Waals surface area contributed by atoms with Crippen LogP contribution in [0.1, 0.15) is 96.8 Å². The molecule has 0 radical (unpaired) electrons. The maximum atomic E-state index is 12.8. The maximum absolute atomic E-state index is 12.8. The van der Waals surface area contributed by atoms with Gasteiger partial charge in [0.05, 0.1) is 5.66 Å². The van der Waals surface area contributed by atoms with Gasteiger partial charge in [0.2, 0.25) is 0 Å². The second-order valence-corrected chi connectivity index (χ2v) is 7.74. The highest BCUT2D eigenvalue weighted by Gasteiger charge is 2.25. The van der Waals surface area contributed by atoms with Gasteiger partial charge in [0.1, 0.15) is 5.78 Å². The first-order valence-corrected chi connectivity index (χ1v) is 9.95. The number of carbonyl (C=O) groups excluding carboxylic acids is 1. The number of hydrogen-bond acceptors (Lipinski definition) is 3. The summed E-state index contributed by atoms with van der Waals surface area (Å²) in [6, 6.07) is 0. The lowest BCUT2D eigenvalue weighted by atomic mass is 9.86. The first-order chi connectivity index (χ1) is 11.4. The molecule has 3 heteroatoms. The Kier molecular flexibility index (Phi) is 10.2. The molecule has 4 N–H and O–H groups in total. The fourth-order valence-corrected chi connectivity index (χ4v) is 3.60. The third-order valence-electron chi connectivity index (χ3n) is 5.28. The lowest BCUT2D eigenvalue weighted by Gasteiger charge is -2.23. The molecule has 0 aromatic rings. The van der Waals surface area contributed by atoms with Crippen LogP contribution in [0.15, 0.2) is 17.9 Å². The van der Waals surface area contributed by atoms with Gasteiger partial charge in [-0.05, 0) is 19.8 Å². The predicted molar refractivity (Wildman–Crippen MR) is 103 cm³/mol. The molecule has 0 amide bonds. The minimum Gasteiger partial charge on any atom is -0.310 e. The zero-order valence-corrected chi connectivity index (χ0v) is 15.7. The number of carbonyl (C=O) groups is 1. The highest BCUT2D eigenvalue weighted by Crippen LogP contribution is 2.24. The second kappa shape index (κ2) is 11.6. The van der Waals surface area contributed by atoms with Crippen molar-refractivity contribution in [3.05, 3.63) is 17.9 Å². The zero-order chi connectivity index (χ0) is 17.8. The van der Waals surface area contributed by atoms with Crippen molar-refractivity contribution in [1.82, 2.24) is 0 Å². The van der Waals surface area contributed by atoms with Crippen LogP contribution in [0, 0.1) is 5.92 Å². The van der Waals surface area contributed by atoms with Crippen molar-refractivity contribution in [3.8, 4) is 0 Å². The van der Waals surface area contributed by atoms with Gasteiger partial charge in [0.15, 0.2) is 0 Å². The predicted octanol–water partition coefficient (Wildman–Crippen LogP) is 4.99. The molecular weight excluding hydrogens is 296 g/mol. The molecule has 0 unspecified atom stereocenters. The Bertz CT molecular complexity index is 402. The lowest BCUT2D eigenvalue weighted by molar-refractivity contribution is -0.122. The van der Waals surface area contributed by atoms with Gasteiger partial charge < -0.3 is 11.5 Å². The number of Topliss-reactive ketones (excluding diaryl/α,β-unsaturated/α-hetero) is 1. The lowest BCUT2D eigenvalue weighted by Crippen LogP contribution is -2.48. The average molecular weight is 335 g/mol. The standard InChI is InChI=1S/C21H38N2O/c1-3-19(21(2,22)23)17-20(24)18-15-13-11-9-7-5-4-6-8-10-12-14-16-18/h18H,1,4-17,22-23H2,2H3. The van der Waals surface area contributed by atoms with E-state index >= 15 is 0 Å². The Balaban J connectivity index is 2.58. The zero-order valence-electron chi connectivity index (χ0n) is 15.7. The smallest absolute Gasteiger partial charge is 0.140 e. The van der Waals surface area contributed by atoms with Gasteiger partial charge in [-0.3, -0.25) is 4.79 Å². The van der Waals surface area contributed by atoms with Crippen LogP contribution in [-0.4, -0.2) is 11.4 Å². The summed E-state index contributed by atoms with van der Waals surface area (Å²) in [5, 5.41) is 0. The Hall–Kier alpha value is -0.890. The van der Waals surface area contributed by atoms with Crippen LogP contribution in [0.25, 0.3) is 0 Å². The number of rotatable bonds is 4. The summed E-state index contributed by atoms with van der Waals surface area (Å²) in [4.78, 5) is 12.8. The Labute approximate surface area is 148 Å². The summed E-state index contributed by atoms with van der Waals surface area (Å²) >= 11 is 0. The molecule has 0 atom stereocenters. The van der Waals surface area contributed by atoms with Crippen LogP contribution in [-0.2, 0) is 4.79 Å². The average Bonchev–Trinajstić information content (AvgIpc) is 2.53. The third-order valence-corrected chi connectivity index (χ3v) is 5.28. The van der Waals surface area contributed by atoms with Gasteiger partial charge in [-0.25, -0.2) is 0 Å². The molecule has 24 heavy (non-hydrogen) atoms. The van der Waals surface area contributed by atoms with Crippen molar-refractivity contribution < 1.29 is 4.79 Å². The normalized spacial score (nSPS) is 20.0. The molecule has 3 nitrogen and oxygen atoms in total. The van der Waals surface area contributed by atoms with Crippen LogP contribution in [0.3, 0.4) is 0 Å². The first kappa shape index (κ1) is 21.2. The molecule has 0 spiro atoms. The minimum atomic E-state index is -1.00. The molecule has 1 saturated carbocycles. The summed E-state index contributed by atoms with van der Waals surface area (Å²) in [5.41, 5.74) is 14.3. The van der Waals surface area contributed by atoms with E-state index in [0.29, 0.717) is 12.0 Å². The molecule has 1 rings (SSSR count). The molecule has 1 fully saturated rings. The van der Waals surface area contributed by atoms with E-state index in [0.717, 1.165) is 25.7 Å². The molecule has 0 aliphatic heterocycles. The van der Waals surface area contributed by atoms with Crippen LogP contribution < -0.4 is 11.5 Å². The van der Waals surface area contributed by atoms with E-state index in [1.807, 2.05) is 0 Å². The quantitative estimate of drug-likeness (QED) is 0.562. The number of ketones is 1. The number of hydrogen-bond donors (Lipinski definition) is 2. The fraction of sp³-hybridized carbons (Fsp3) is 0.810. The van der Waals surface area contributed by atoms with Crippen molar-refractivity contribution >= 4 is 5.78 Å². The van der Waals surface area contributed by atoms with E-state index in [1.54, 1.807) is 6.92 Å². The monoisotopic (exact) mass is 334 g/mol. The third kappa shape index (κ3) is 8.82. The molecule has 0 heterocycles. The minimum absolute atomic E-state index is 0.152. The van der Waals surface area contributed by atoms with Crippen LogP contribution in [0.4, 0.5) is 0 Å². The Morgan fingerprint density at radius 2 is 1.29 bits per heavy atom. The molecule has 1 aliphatic carbocycles. The van der Waals surface area contributed by atoms with Gasteiger partial charge in [-0.2, -0.15) is 0 Å². The van der Waals surface area contributed by atoms with Gasteiger partial charge in [0, 0.05) is 17.9 Å². The summed E-state index contributed by atoms with van der Waals surface area (Å²) < 4.78 is 0. The van der Waals surface area contributed by atoms with Gasteiger partial charge in [-0.1, -0.05) is 77.2 Å². The SMILES string of the molecule is C=C=C(CC(=O)C1CCCCCCCCCCCCC1)C(C)(N)N. The highest BCUT2D eigenvalue weighted by atomic mass is 16.1. The number of nitrogens with two attached hydrogens (primary N) is 2. The van der Waals surface area contributed by atoms with E-state index in [9.17, 15) is 4.79 Å². The first-order valence-electron chi connectivity index (χ1n) is 9.95. The molecular formula is C21H38N2O. The van der Waals surface area contributed by atoms with Gasteiger partial charge in [-0.15, -0.1) is 5.73 Å². The van der Waals surface area contributed by atoms with Gasteiger partial charge >= 0.3 is 0 Å². The Morgan fingerprint density at radius 3 is 1.62 bits per heavy atom. The molecule has 0 bridgehead atoms. The molecule has 0 aromatic carbocycles. The fourth-order valence-electron chi connectivity index (χ4n) is 3.60. The molecule has 0 saturated heterocycles. The van der Waals surface area contributed by atoms with Crippen molar-refractivity contribution in [2.24, 2.45) is 17.4 Å². The van der Waals surface area contributed by atoms with Crippen LogP contribution in [0.2, 0.25) is 0 Å². The van der Waals surface area contributed by atoms with E-state index in [2.05, 4.69) is 12.3 Å². The topological polar surface area (TPSA) is 69.1 Å². The van der Waals surface area contributed by atoms with Crippen molar-refractivity contribution in [2.75, 3.05) is 0 Å². The molecule has 138 valence electrons. The van der Waals surface area contributed by atoms with Crippen molar-refractivity contribution in [3.63, 3.8) is 0 Å². The Morgan fingerprint density at radius 1 is 0.917 bits per heavy atom. The van der Waals surface area contributed by atoms with Crippen molar-refractivity contribution in [1.29, 1.82) is 0 Å². The molecule has 0 aromatic heterocycles. The van der Waals surface area contributed by atoms with Gasteiger partial charge in [0.25, 0.3) is 0 Å². The van der Waals surface area contributed by atoms with Crippen molar-refractivity contribution in [2.45, 2.75) is 102 Å². The van der Waals surface area contributed by atoms with E-state index in [1.165, 1.54) is 57.8 Å². The maximum Gasteiger partial charge on any atom is 0.140 e. The molecule has 1 aliphatic rings. The van der Waals surface area contributed by atoms with Crippen LogP contribution >= 0.6 is 0 Å². The highest BCUT2D eigenvalue weighted by molar-refractivity contribution is 5.83. The summed E-state index contributed by atoms with van der Waals surface area (Å²) in [7, 11) is 0. The summed E-state index contributed by atoms with van der Waals surface area (Å²) in [6.45, 7) is 5.36. The van der Waals surface area contributed by atoms with E-state index < -0.39 is 5.66 Å².